The highest BCUT2D eigenvalue weighted by Crippen LogP contribution is 1.99. The Morgan fingerprint density at radius 1 is 1.39 bits per heavy atom. The number of carboxylic acid groups (broad SMARTS) is 1. The lowest BCUT2D eigenvalue weighted by molar-refractivity contribution is -0.138. The molecule has 0 fully saturated rings. The molecule has 0 rings (SSSR count). The lowest BCUT2D eigenvalue weighted by atomic mass is 10.2. The van der Waals surface area contributed by atoms with Crippen molar-refractivity contribution in [1.29, 1.82) is 5.26 Å². The molecule has 0 aromatic heterocycles. The normalized spacial score (nSPS) is 11.2. The molecule has 0 saturated carbocycles. The summed E-state index contributed by atoms with van der Waals surface area (Å²) in [4.78, 5) is 34.4. The first-order valence-corrected chi connectivity index (χ1v) is 5.60. The lowest BCUT2D eigenvalue weighted by Crippen LogP contribution is -2.44. The van der Waals surface area contributed by atoms with E-state index >= 15 is 0 Å². The van der Waals surface area contributed by atoms with Crippen LogP contribution in [0.3, 0.4) is 0 Å². The topological polar surface area (TPSA) is 111 Å². The number of hydrogen-bond acceptors (Lipinski definition) is 4. The van der Waals surface area contributed by atoms with E-state index in [0.29, 0.717) is 6.54 Å². The Morgan fingerprint density at radius 2 is 2.00 bits per heavy atom. The summed E-state index contributed by atoms with van der Waals surface area (Å²) in [5.74, 6) is -2.06. The smallest absolute Gasteiger partial charge is 0.324 e. The zero-order valence-electron chi connectivity index (χ0n) is 10.5. The summed E-state index contributed by atoms with van der Waals surface area (Å²) in [7, 11) is 0. The highest BCUT2D eigenvalue weighted by atomic mass is 16.4. The number of carbonyl (C=O) groups excluding carboxylic acids is 2. The van der Waals surface area contributed by atoms with Crippen molar-refractivity contribution in [3.63, 3.8) is 0 Å². The van der Waals surface area contributed by atoms with Crippen LogP contribution in [0.4, 0.5) is 4.79 Å². The van der Waals surface area contributed by atoms with Crippen LogP contribution in [0.25, 0.3) is 0 Å². The van der Waals surface area contributed by atoms with Gasteiger partial charge in [-0.1, -0.05) is 0 Å². The number of urea groups is 1. The number of aliphatic carboxylic acids is 1. The van der Waals surface area contributed by atoms with E-state index in [9.17, 15) is 14.4 Å². The van der Waals surface area contributed by atoms with Gasteiger partial charge in [-0.2, -0.15) is 5.26 Å². The van der Waals surface area contributed by atoms with Crippen LogP contribution >= 0.6 is 0 Å². The second kappa shape index (κ2) is 8.06. The third kappa shape index (κ3) is 6.48. The van der Waals surface area contributed by atoms with Gasteiger partial charge in [-0.15, -0.1) is 0 Å². The monoisotopic (exact) mass is 255 g/mol. The highest BCUT2D eigenvalue weighted by molar-refractivity contribution is 5.95. The van der Waals surface area contributed by atoms with Crippen molar-refractivity contribution in [2.24, 2.45) is 5.92 Å². The summed E-state index contributed by atoms with van der Waals surface area (Å²) >= 11 is 0. The Hall–Kier alpha value is -2.10. The molecule has 2 N–H and O–H groups in total. The minimum absolute atomic E-state index is 0.227. The molecule has 1 atom stereocenters. The van der Waals surface area contributed by atoms with Gasteiger partial charge in [0.25, 0.3) is 0 Å². The number of nitriles is 1. The summed E-state index contributed by atoms with van der Waals surface area (Å²) in [6, 6.07) is 1.39. The maximum atomic E-state index is 11.6. The van der Waals surface area contributed by atoms with Crippen LogP contribution in [0.1, 0.15) is 26.7 Å². The van der Waals surface area contributed by atoms with Gasteiger partial charge in [0.05, 0.1) is 18.4 Å². The maximum Gasteiger partial charge on any atom is 0.324 e. The van der Waals surface area contributed by atoms with E-state index in [4.69, 9.17) is 10.4 Å². The van der Waals surface area contributed by atoms with E-state index in [1.807, 2.05) is 6.07 Å². The Morgan fingerprint density at radius 3 is 2.44 bits per heavy atom. The molecular formula is C11H17N3O4. The molecule has 0 heterocycles. The molecular weight excluding hydrogens is 238 g/mol. The maximum absolute atomic E-state index is 11.6. The largest absolute Gasteiger partial charge is 0.481 e. The molecule has 0 spiro atoms. The van der Waals surface area contributed by atoms with Gasteiger partial charge in [-0.3, -0.25) is 14.9 Å². The molecule has 0 aromatic carbocycles. The molecule has 0 aliphatic carbocycles. The van der Waals surface area contributed by atoms with Gasteiger partial charge in [0, 0.05) is 19.5 Å². The van der Waals surface area contributed by atoms with Crippen LogP contribution in [-0.2, 0) is 9.59 Å². The van der Waals surface area contributed by atoms with Crippen molar-refractivity contribution in [3.8, 4) is 6.07 Å². The minimum Gasteiger partial charge on any atom is -0.481 e. The van der Waals surface area contributed by atoms with Crippen molar-refractivity contribution in [1.82, 2.24) is 10.2 Å². The number of imide groups is 1. The lowest BCUT2D eigenvalue weighted by Gasteiger charge is -2.21. The molecule has 7 heteroatoms. The first kappa shape index (κ1) is 15.9. The SMILES string of the molecule is CCN(CC(C)C#N)C(=O)NC(=O)CCC(=O)O. The van der Waals surface area contributed by atoms with E-state index in [0.717, 1.165) is 0 Å². The number of carbonyl (C=O) groups is 3. The van der Waals surface area contributed by atoms with E-state index in [1.165, 1.54) is 4.90 Å². The molecule has 7 nitrogen and oxygen atoms in total. The summed E-state index contributed by atoms with van der Waals surface area (Å²) < 4.78 is 0. The number of rotatable bonds is 6. The van der Waals surface area contributed by atoms with Gasteiger partial charge in [-0.05, 0) is 13.8 Å². The number of amides is 3. The zero-order valence-corrected chi connectivity index (χ0v) is 10.5. The fourth-order valence-corrected chi connectivity index (χ4v) is 1.21. The van der Waals surface area contributed by atoms with Gasteiger partial charge in [0.1, 0.15) is 0 Å². The van der Waals surface area contributed by atoms with Gasteiger partial charge < -0.3 is 10.0 Å². The van der Waals surface area contributed by atoms with Crippen molar-refractivity contribution in [2.45, 2.75) is 26.7 Å². The van der Waals surface area contributed by atoms with E-state index in [-0.39, 0.29) is 25.3 Å². The second-order valence-corrected chi connectivity index (χ2v) is 3.82. The molecule has 1 unspecified atom stereocenters. The third-order valence-corrected chi connectivity index (χ3v) is 2.20. The summed E-state index contributed by atoms with van der Waals surface area (Å²) in [6.45, 7) is 3.99. The fourth-order valence-electron chi connectivity index (χ4n) is 1.21. The van der Waals surface area contributed by atoms with Crippen molar-refractivity contribution < 1.29 is 19.5 Å². The molecule has 0 bridgehead atoms. The molecule has 0 aliphatic rings. The van der Waals surface area contributed by atoms with E-state index in [2.05, 4.69) is 5.32 Å². The van der Waals surface area contributed by atoms with E-state index < -0.39 is 17.9 Å². The average Bonchev–Trinajstić information content (AvgIpc) is 2.32. The van der Waals surface area contributed by atoms with Crippen LogP contribution in [-0.4, -0.2) is 41.0 Å². The van der Waals surface area contributed by atoms with Crippen LogP contribution < -0.4 is 5.32 Å². The quantitative estimate of drug-likeness (QED) is 0.720. The molecule has 3 amide bonds. The predicted molar refractivity (Wildman–Crippen MR) is 62.4 cm³/mol. The first-order chi connectivity index (χ1) is 8.40. The Balaban J connectivity index is 4.23. The predicted octanol–water partition coefficient (Wildman–Crippen LogP) is 0.569. The van der Waals surface area contributed by atoms with Gasteiger partial charge >= 0.3 is 12.0 Å². The van der Waals surface area contributed by atoms with E-state index in [1.54, 1.807) is 13.8 Å². The Kier molecular flexibility index (Phi) is 7.12. The van der Waals surface area contributed by atoms with Crippen LogP contribution in [0, 0.1) is 17.2 Å². The second-order valence-electron chi connectivity index (χ2n) is 3.82. The Labute approximate surface area is 105 Å². The highest BCUT2D eigenvalue weighted by Gasteiger charge is 2.17. The van der Waals surface area contributed by atoms with Gasteiger partial charge in [0.15, 0.2) is 0 Å². The number of nitrogens with zero attached hydrogens (tertiary/aromatic N) is 2. The van der Waals surface area contributed by atoms with Crippen molar-refractivity contribution in [3.05, 3.63) is 0 Å². The van der Waals surface area contributed by atoms with Crippen LogP contribution in [0.5, 0.6) is 0 Å². The summed E-state index contributed by atoms with van der Waals surface area (Å²) in [6.07, 6.45) is -0.563. The fraction of sp³-hybridized carbons (Fsp3) is 0.636. The van der Waals surface area contributed by atoms with Crippen molar-refractivity contribution in [2.75, 3.05) is 13.1 Å². The number of nitrogens with one attached hydrogen (secondary N) is 1. The first-order valence-electron chi connectivity index (χ1n) is 5.60. The molecule has 100 valence electrons. The summed E-state index contributed by atoms with van der Waals surface area (Å²) in [5.41, 5.74) is 0. The Bertz CT molecular complexity index is 362. The van der Waals surface area contributed by atoms with Crippen LogP contribution in [0.15, 0.2) is 0 Å². The standard InChI is InChI=1S/C11H17N3O4/c1-3-14(7-8(2)6-12)11(18)13-9(15)4-5-10(16)17/h8H,3-5,7H2,1-2H3,(H,16,17)(H,13,15,18). The minimum atomic E-state index is -1.09. The van der Waals surface area contributed by atoms with Gasteiger partial charge in [-0.25, -0.2) is 4.79 Å². The molecule has 0 aliphatic heterocycles. The van der Waals surface area contributed by atoms with Crippen molar-refractivity contribution >= 4 is 17.9 Å². The molecule has 0 radical (unpaired) electrons. The molecule has 18 heavy (non-hydrogen) atoms. The number of hydrogen-bond donors (Lipinski definition) is 2. The summed E-state index contributed by atoms with van der Waals surface area (Å²) in [5, 5.41) is 19.1. The van der Waals surface area contributed by atoms with Gasteiger partial charge in [0.2, 0.25) is 5.91 Å². The number of carboxylic acids is 1. The van der Waals surface area contributed by atoms with Crippen LogP contribution in [0.2, 0.25) is 0 Å². The molecule has 0 aromatic rings. The third-order valence-electron chi connectivity index (χ3n) is 2.20. The molecule has 0 saturated heterocycles. The zero-order chi connectivity index (χ0) is 14.1. The average molecular weight is 255 g/mol.